The van der Waals surface area contributed by atoms with Gasteiger partial charge in [0.05, 0.1) is 11.8 Å². The van der Waals surface area contributed by atoms with Gasteiger partial charge in [-0.2, -0.15) is 8.42 Å². The van der Waals surface area contributed by atoms with Crippen LogP contribution in [0, 0.1) is 12.7 Å². The molecule has 0 unspecified atom stereocenters. The number of sulfonamides is 1. The second-order valence-corrected chi connectivity index (χ2v) is 5.77. The molecule has 1 heterocycles. The van der Waals surface area contributed by atoms with Gasteiger partial charge in [0, 0.05) is 5.69 Å². The van der Waals surface area contributed by atoms with Crippen molar-refractivity contribution in [3.05, 3.63) is 41.6 Å². The van der Waals surface area contributed by atoms with E-state index >= 15 is 0 Å². The van der Waals surface area contributed by atoms with Crippen molar-refractivity contribution in [2.24, 2.45) is 10.9 Å². The maximum absolute atomic E-state index is 13.5. The lowest BCUT2D eigenvalue weighted by Gasteiger charge is -2.08. The first-order chi connectivity index (χ1) is 9.83. The van der Waals surface area contributed by atoms with E-state index in [2.05, 4.69) is 19.8 Å². The Morgan fingerprint density at radius 1 is 1.52 bits per heavy atom. The molecule has 1 aromatic carbocycles. The normalized spacial score (nSPS) is 12.4. The number of aryl methyl sites for hydroxylation is 1. The number of hydrogen-bond donors (Lipinski definition) is 4. The number of halogens is 1. The van der Waals surface area contributed by atoms with Gasteiger partial charge in [-0.25, -0.2) is 9.37 Å². The van der Waals surface area contributed by atoms with Crippen LogP contribution in [-0.2, 0) is 10.0 Å². The van der Waals surface area contributed by atoms with Crippen molar-refractivity contribution < 1.29 is 18.0 Å². The number of oxime groups is 1. The number of nitrogens with zero attached hydrogens (tertiary/aromatic N) is 2. The molecule has 0 saturated carbocycles. The average molecular weight is 313 g/mol. The van der Waals surface area contributed by atoms with Crippen LogP contribution < -0.4 is 10.5 Å². The number of imidazole rings is 1. The molecule has 0 radical (unpaired) electrons. The van der Waals surface area contributed by atoms with Gasteiger partial charge in [-0.15, -0.1) is 0 Å². The fourth-order valence-corrected chi connectivity index (χ4v) is 2.60. The number of H-pyrrole nitrogens is 1. The van der Waals surface area contributed by atoms with Crippen LogP contribution >= 0.6 is 0 Å². The maximum atomic E-state index is 13.5. The first-order valence-corrected chi connectivity index (χ1v) is 7.13. The number of anilines is 1. The van der Waals surface area contributed by atoms with E-state index in [1.54, 1.807) is 6.92 Å². The van der Waals surface area contributed by atoms with E-state index in [0.717, 1.165) is 18.3 Å². The lowest BCUT2D eigenvalue weighted by atomic mass is 10.2. The highest BCUT2D eigenvalue weighted by Gasteiger charge is 2.18. The van der Waals surface area contributed by atoms with Crippen molar-refractivity contribution in [2.75, 3.05) is 4.72 Å². The van der Waals surface area contributed by atoms with E-state index in [1.165, 1.54) is 6.07 Å². The monoisotopic (exact) mass is 313 g/mol. The molecule has 5 N–H and O–H groups in total. The molecule has 8 nitrogen and oxygen atoms in total. The maximum Gasteiger partial charge on any atom is 0.278 e. The van der Waals surface area contributed by atoms with Crippen molar-refractivity contribution in [1.29, 1.82) is 0 Å². The van der Waals surface area contributed by atoms with E-state index in [-0.39, 0.29) is 16.3 Å². The zero-order valence-electron chi connectivity index (χ0n) is 10.8. The molecule has 0 saturated heterocycles. The molecule has 0 amide bonds. The van der Waals surface area contributed by atoms with Gasteiger partial charge < -0.3 is 15.9 Å². The molecule has 0 aliphatic heterocycles. The number of nitrogens with two attached hydrogens (primary N) is 1. The van der Waals surface area contributed by atoms with Crippen molar-refractivity contribution in [3.63, 3.8) is 0 Å². The van der Waals surface area contributed by atoms with Crippen LogP contribution in [0.1, 0.15) is 11.4 Å². The molecule has 0 aliphatic rings. The van der Waals surface area contributed by atoms with Crippen molar-refractivity contribution >= 4 is 21.5 Å². The fraction of sp³-hybridized carbons (Fsp3) is 0.0909. The summed E-state index contributed by atoms with van der Waals surface area (Å²) in [6.07, 6.45) is 1.16. The van der Waals surface area contributed by atoms with Crippen LogP contribution in [-0.4, -0.2) is 29.4 Å². The summed E-state index contributed by atoms with van der Waals surface area (Å²) in [5.74, 6) is -0.775. The van der Waals surface area contributed by atoms with E-state index in [4.69, 9.17) is 10.9 Å². The van der Waals surface area contributed by atoms with Crippen molar-refractivity contribution in [2.45, 2.75) is 11.9 Å². The van der Waals surface area contributed by atoms with Crippen molar-refractivity contribution in [3.8, 4) is 0 Å². The van der Waals surface area contributed by atoms with Gasteiger partial charge in [-0.3, -0.25) is 4.72 Å². The van der Waals surface area contributed by atoms with Crippen LogP contribution in [0.4, 0.5) is 10.1 Å². The third-order valence-corrected chi connectivity index (χ3v) is 3.86. The van der Waals surface area contributed by atoms with Crippen LogP contribution in [0.5, 0.6) is 0 Å². The molecule has 21 heavy (non-hydrogen) atoms. The molecule has 0 spiro atoms. The van der Waals surface area contributed by atoms with Gasteiger partial charge in [-0.05, 0) is 25.1 Å². The molecular weight excluding hydrogens is 301 g/mol. The van der Waals surface area contributed by atoms with E-state index in [0.29, 0.717) is 5.82 Å². The number of nitrogens with one attached hydrogen (secondary N) is 2. The first-order valence-electron chi connectivity index (χ1n) is 5.65. The second kappa shape index (κ2) is 5.40. The largest absolute Gasteiger partial charge is 0.409 e. The van der Waals surface area contributed by atoms with Crippen molar-refractivity contribution in [1.82, 2.24) is 9.97 Å². The summed E-state index contributed by atoms with van der Waals surface area (Å²) in [5.41, 5.74) is 5.15. The molecule has 10 heteroatoms. The summed E-state index contributed by atoms with van der Waals surface area (Å²) >= 11 is 0. The number of aromatic nitrogens is 2. The number of hydrogen-bond acceptors (Lipinski definition) is 5. The Balaban J connectivity index is 2.36. The summed E-state index contributed by atoms with van der Waals surface area (Å²) in [6.45, 7) is 1.60. The fourth-order valence-electron chi connectivity index (χ4n) is 1.58. The topological polar surface area (TPSA) is 133 Å². The predicted molar refractivity (Wildman–Crippen MR) is 73.0 cm³/mol. The second-order valence-electron chi connectivity index (χ2n) is 4.12. The lowest BCUT2D eigenvalue weighted by molar-refractivity contribution is 0.318. The van der Waals surface area contributed by atoms with Gasteiger partial charge in [0.25, 0.3) is 10.0 Å². The van der Waals surface area contributed by atoms with Crippen LogP contribution in [0.15, 0.2) is 34.6 Å². The van der Waals surface area contributed by atoms with Crippen LogP contribution in [0.2, 0.25) is 0 Å². The molecular formula is C11H12FN5O3S. The Morgan fingerprint density at radius 3 is 2.81 bits per heavy atom. The highest BCUT2D eigenvalue weighted by molar-refractivity contribution is 7.92. The number of benzene rings is 1. The molecule has 2 rings (SSSR count). The van der Waals surface area contributed by atoms with Gasteiger partial charge in [0.1, 0.15) is 11.6 Å². The zero-order valence-corrected chi connectivity index (χ0v) is 11.6. The Hall–Kier alpha value is -2.62. The Bertz CT molecular complexity index is 800. The Morgan fingerprint density at radius 2 is 2.24 bits per heavy atom. The number of aromatic amines is 1. The number of amidine groups is 1. The highest BCUT2D eigenvalue weighted by atomic mass is 32.2. The Kier molecular flexibility index (Phi) is 3.80. The third kappa shape index (κ3) is 3.11. The SMILES string of the molecule is Cc1ncc(S(=O)(=O)Nc2ccc(F)c(C(N)=NO)c2)[nH]1. The van der Waals surface area contributed by atoms with Gasteiger partial charge >= 0.3 is 0 Å². The number of rotatable bonds is 4. The smallest absolute Gasteiger partial charge is 0.278 e. The summed E-state index contributed by atoms with van der Waals surface area (Å²) in [4.78, 5) is 6.36. The minimum absolute atomic E-state index is 0.0604. The third-order valence-electron chi connectivity index (χ3n) is 2.57. The zero-order chi connectivity index (χ0) is 15.6. The van der Waals surface area contributed by atoms with E-state index in [1.807, 2.05) is 0 Å². The summed E-state index contributed by atoms with van der Waals surface area (Å²) in [6, 6.07) is 3.33. The molecule has 2 aromatic rings. The Labute approximate surface area is 119 Å². The van der Waals surface area contributed by atoms with Crippen LogP contribution in [0.25, 0.3) is 0 Å². The minimum Gasteiger partial charge on any atom is -0.409 e. The minimum atomic E-state index is -3.89. The average Bonchev–Trinajstić information content (AvgIpc) is 2.87. The highest BCUT2D eigenvalue weighted by Crippen LogP contribution is 2.18. The van der Waals surface area contributed by atoms with Crippen LogP contribution in [0.3, 0.4) is 0 Å². The molecule has 1 aromatic heterocycles. The summed E-state index contributed by atoms with van der Waals surface area (Å²) in [5, 5.41) is 11.1. The molecule has 0 aliphatic carbocycles. The van der Waals surface area contributed by atoms with E-state index in [9.17, 15) is 12.8 Å². The first kappa shape index (κ1) is 14.8. The molecule has 0 bridgehead atoms. The standard InChI is InChI=1S/C11H12FN5O3S/c1-6-14-5-10(15-6)21(19,20)17-7-2-3-9(12)8(4-7)11(13)16-18/h2-5,17-18H,1H3,(H2,13,16)(H,14,15). The predicted octanol–water partition coefficient (Wildman–Crippen LogP) is 0.753. The van der Waals surface area contributed by atoms with Gasteiger partial charge in [0.2, 0.25) is 0 Å². The molecule has 0 atom stereocenters. The van der Waals surface area contributed by atoms with Gasteiger partial charge in [0.15, 0.2) is 10.9 Å². The molecule has 0 fully saturated rings. The van der Waals surface area contributed by atoms with Gasteiger partial charge in [-0.1, -0.05) is 5.16 Å². The quantitative estimate of drug-likeness (QED) is 0.286. The molecule has 112 valence electrons. The summed E-state index contributed by atoms with van der Waals surface area (Å²) < 4.78 is 39.9. The summed E-state index contributed by atoms with van der Waals surface area (Å²) in [7, 11) is -3.89. The van der Waals surface area contributed by atoms with E-state index < -0.39 is 21.7 Å². The lowest BCUT2D eigenvalue weighted by Crippen LogP contribution is -2.17.